The summed E-state index contributed by atoms with van der Waals surface area (Å²) < 4.78 is 55.3. The molecule has 13 heteroatoms. The number of hydrogen-bond donors (Lipinski definition) is 0. The van der Waals surface area contributed by atoms with Crippen LogP contribution in [0.5, 0.6) is 0 Å². The van der Waals surface area contributed by atoms with E-state index in [2.05, 4.69) is 0 Å². The molecule has 0 amide bonds. The molecule has 0 fully saturated rings. The van der Waals surface area contributed by atoms with Crippen LogP contribution < -0.4 is 0 Å². The summed E-state index contributed by atoms with van der Waals surface area (Å²) >= 11 is 6.27. The largest absolute Gasteiger partial charge is 0.483 e. The molecule has 0 aliphatic carbocycles. The van der Waals surface area contributed by atoms with E-state index in [-0.39, 0.29) is 26.4 Å². The standard InChI is InChI=1S/C24H28O7P2S4/c25-32(27-9-1-21-5-13-34-17-21,28-10-2-22-6-14-35-18-22)31-33(26,29-11-3-23-7-15-36-19-23)30-12-4-24-8-16-37-20-24/h5-8,13-20H,1-4,9-12H2. The molecule has 37 heavy (non-hydrogen) atoms. The molecule has 4 rings (SSSR count). The second kappa shape index (κ2) is 15.0. The summed E-state index contributed by atoms with van der Waals surface area (Å²) in [6.07, 6.45) is 2.03. The molecular weight excluding hydrogens is 590 g/mol. The van der Waals surface area contributed by atoms with Gasteiger partial charge in [0.2, 0.25) is 0 Å². The predicted octanol–water partition coefficient (Wildman–Crippen LogP) is 8.50. The quantitative estimate of drug-likeness (QED) is 0.103. The van der Waals surface area contributed by atoms with Gasteiger partial charge in [-0.05, 0) is 115 Å². The Morgan fingerprint density at radius 2 is 0.757 bits per heavy atom. The topological polar surface area (TPSA) is 80.3 Å². The normalized spacial score (nSPS) is 12.3. The Labute approximate surface area is 233 Å². The van der Waals surface area contributed by atoms with Gasteiger partial charge in [-0.2, -0.15) is 49.7 Å². The Morgan fingerprint density at radius 3 is 0.973 bits per heavy atom. The third-order valence-electron chi connectivity index (χ3n) is 5.08. The van der Waals surface area contributed by atoms with Gasteiger partial charge in [-0.25, -0.2) is 9.13 Å². The average Bonchev–Trinajstić information content (AvgIpc) is 3.68. The van der Waals surface area contributed by atoms with Crippen molar-refractivity contribution in [1.29, 1.82) is 0 Å². The maximum absolute atomic E-state index is 13.7. The van der Waals surface area contributed by atoms with Crippen LogP contribution in [-0.4, -0.2) is 26.4 Å². The fourth-order valence-electron chi connectivity index (χ4n) is 3.13. The summed E-state index contributed by atoms with van der Waals surface area (Å²) in [6.45, 7) is 0.263. The molecule has 4 heterocycles. The van der Waals surface area contributed by atoms with Crippen molar-refractivity contribution in [2.75, 3.05) is 26.4 Å². The van der Waals surface area contributed by atoms with Crippen molar-refractivity contribution in [3.05, 3.63) is 89.6 Å². The van der Waals surface area contributed by atoms with E-state index in [4.69, 9.17) is 22.4 Å². The highest BCUT2D eigenvalue weighted by atomic mass is 32.1. The Balaban J connectivity index is 1.41. The molecule has 4 aromatic rings. The van der Waals surface area contributed by atoms with Crippen molar-refractivity contribution < 1.29 is 31.5 Å². The molecule has 0 aliphatic heterocycles. The van der Waals surface area contributed by atoms with Gasteiger partial charge in [-0.1, -0.05) is 0 Å². The molecule has 0 saturated heterocycles. The summed E-state index contributed by atoms with van der Waals surface area (Å²) in [6, 6.07) is 7.85. The van der Waals surface area contributed by atoms with Gasteiger partial charge in [-0.15, -0.1) is 0 Å². The minimum absolute atomic E-state index is 0.0657. The highest BCUT2D eigenvalue weighted by molar-refractivity contribution is 7.62. The van der Waals surface area contributed by atoms with Crippen LogP contribution in [0.15, 0.2) is 67.3 Å². The highest BCUT2D eigenvalue weighted by Gasteiger charge is 2.40. The number of phosphoric acid groups is 2. The van der Waals surface area contributed by atoms with E-state index in [1.807, 2.05) is 67.3 Å². The highest BCUT2D eigenvalue weighted by Crippen LogP contribution is 2.66. The van der Waals surface area contributed by atoms with Crippen molar-refractivity contribution in [1.82, 2.24) is 0 Å². The molecule has 0 aromatic carbocycles. The van der Waals surface area contributed by atoms with E-state index in [0.717, 1.165) is 22.3 Å². The van der Waals surface area contributed by atoms with Gasteiger partial charge >= 0.3 is 15.6 Å². The lowest BCUT2D eigenvalue weighted by atomic mass is 10.3. The molecule has 0 atom stereocenters. The Kier molecular flexibility index (Phi) is 11.8. The maximum atomic E-state index is 13.7. The van der Waals surface area contributed by atoms with Crippen LogP contribution >= 0.6 is 61.0 Å². The summed E-state index contributed by atoms with van der Waals surface area (Å²) in [4.78, 5) is 0. The summed E-state index contributed by atoms with van der Waals surface area (Å²) in [5, 5.41) is 15.8. The van der Waals surface area contributed by atoms with E-state index in [1.54, 1.807) is 45.3 Å². The number of phosphoric ester groups is 2. The van der Waals surface area contributed by atoms with Gasteiger partial charge in [0, 0.05) is 0 Å². The van der Waals surface area contributed by atoms with Gasteiger partial charge in [0.1, 0.15) is 0 Å². The first kappa shape index (κ1) is 29.1. The molecule has 0 bridgehead atoms. The van der Waals surface area contributed by atoms with E-state index < -0.39 is 15.6 Å². The molecule has 0 spiro atoms. The lowest BCUT2D eigenvalue weighted by Crippen LogP contribution is -2.09. The van der Waals surface area contributed by atoms with Gasteiger partial charge in [-0.3, -0.25) is 18.1 Å². The minimum Gasteiger partial charge on any atom is -0.286 e. The zero-order valence-electron chi connectivity index (χ0n) is 20.0. The van der Waals surface area contributed by atoms with E-state index >= 15 is 0 Å². The molecule has 0 radical (unpaired) electrons. The van der Waals surface area contributed by atoms with Gasteiger partial charge in [0.15, 0.2) is 0 Å². The van der Waals surface area contributed by atoms with Crippen LogP contribution in [0.3, 0.4) is 0 Å². The number of rotatable bonds is 18. The zero-order chi connectivity index (χ0) is 25.8. The minimum atomic E-state index is -4.28. The van der Waals surface area contributed by atoms with Gasteiger partial charge < -0.3 is 0 Å². The van der Waals surface area contributed by atoms with E-state index in [1.165, 1.54) is 0 Å². The van der Waals surface area contributed by atoms with Crippen LogP contribution in [0.4, 0.5) is 0 Å². The Bertz CT molecular complexity index is 1040. The molecule has 4 aromatic heterocycles. The second-order valence-corrected chi connectivity index (χ2v) is 14.4. The third kappa shape index (κ3) is 10.3. The lowest BCUT2D eigenvalue weighted by molar-refractivity contribution is 0.111. The predicted molar refractivity (Wildman–Crippen MR) is 152 cm³/mol. The number of thiophene rings is 4. The average molecular weight is 619 g/mol. The molecule has 200 valence electrons. The first-order valence-corrected chi connectivity index (χ1v) is 18.3. The molecule has 0 N–H and O–H groups in total. The molecular formula is C24H28O7P2S4. The van der Waals surface area contributed by atoms with E-state index in [9.17, 15) is 9.13 Å². The Morgan fingerprint density at radius 1 is 0.486 bits per heavy atom. The van der Waals surface area contributed by atoms with Gasteiger partial charge in [0.05, 0.1) is 26.4 Å². The lowest BCUT2D eigenvalue weighted by Gasteiger charge is -2.23. The summed E-state index contributed by atoms with van der Waals surface area (Å²) in [7, 11) is -8.56. The fraction of sp³-hybridized carbons (Fsp3) is 0.333. The zero-order valence-corrected chi connectivity index (χ0v) is 25.0. The van der Waals surface area contributed by atoms with Crippen molar-refractivity contribution in [3.8, 4) is 0 Å². The Hall–Kier alpha value is -0.940. The summed E-state index contributed by atoms with van der Waals surface area (Å²) in [5.74, 6) is 0. The van der Waals surface area contributed by atoms with Crippen molar-refractivity contribution >= 4 is 61.0 Å². The fourth-order valence-corrected chi connectivity index (χ4v) is 9.09. The van der Waals surface area contributed by atoms with Crippen LogP contribution in [0.2, 0.25) is 0 Å². The van der Waals surface area contributed by atoms with Crippen LogP contribution in [-0.2, 0) is 57.2 Å². The molecule has 0 aliphatic rings. The smallest absolute Gasteiger partial charge is 0.286 e. The maximum Gasteiger partial charge on any atom is 0.483 e. The second-order valence-electron chi connectivity index (χ2n) is 7.84. The monoisotopic (exact) mass is 618 g/mol. The first-order valence-electron chi connectivity index (χ1n) is 11.6. The molecule has 0 saturated carbocycles. The summed E-state index contributed by atoms with van der Waals surface area (Å²) in [5.41, 5.74) is 4.16. The van der Waals surface area contributed by atoms with Crippen molar-refractivity contribution in [2.45, 2.75) is 25.7 Å². The first-order chi connectivity index (χ1) is 18.0. The van der Waals surface area contributed by atoms with Crippen molar-refractivity contribution in [2.24, 2.45) is 0 Å². The van der Waals surface area contributed by atoms with Crippen LogP contribution in [0.25, 0.3) is 0 Å². The van der Waals surface area contributed by atoms with Crippen LogP contribution in [0, 0.1) is 0 Å². The van der Waals surface area contributed by atoms with Gasteiger partial charge in [0.25, 0.3) is 0 Å². The molecule has 7 nitrogen and oxygen atoms in total. The SMILES string of the molecule is O=P(OCCc1ccsc1)(OCCc1ccsc1)OP(=O)(OCCc1ccsc1)OCCc1ccsc1. The van der Waals surface area contributed by atoms with Crippen molar-refractivity contribution in [3.63, 3.8) is 0 Å². The number of hydrogen-bond acceptors (Lipinski definition) is 11. The third-order valence-corrected chi connectivity index (χ3v) is 11.6. The van der Waals surface area contributed by atoms with E-state index in [0.29, 0.717) is 25.7 Å². The molecule has 0 unspecified atom stereocenters. The van der Waals surface area contributed by atoms with Crippen LogP contribution in [0.1, 0.15) is 22.3 Å².